The number of hydrogen-bond acceptors (Lipinski definition) is 1. The van der Waals surface area contributed by atoms with Crippen LogP contribution in [0.3, 0.4) is 0 Å². The van der Waals surface area contributed by atoms with Gasteiger partial charge in [-0.1, -0.05) is 17.7 Å². The second kappa shape index (κ2) is 4.36. The molecule has 0 aromatic heterocycles. The molecule has 82 valence electrons. The van der Waals surface area contributed by atoms with Crippen LogP contribution in [0.2, 0.25) is 0 Å². The molecule has 15 heavy (non-hydrogen) atoms. The number of aryl methyl sites for hydroxylation is 3. The molecule has 1 aromatic rings. The van der Waals surface area contributed by atoms with Crippen LogP contribution in [0.15, 0.2) is 12.1 Å². The molecule has 1 aromatic carbocycles. The van der Waals surface area contributed by atoms with Crippen molar-refractivity contribution < 1.29 is 0 Å². The highest BCUT2D eigenvalue weighted by Crippen LogP contribution is 2.20. The largest absolute Gasteiger partial charge is 0.316 e. The second-order valence-corrected chi connectivity index (χ2v) is 4.94. The van der Waals surface area contributed by atoms with Crippen molar-refractivity contribution in [1.82, 2.24) is 5.32 Å². The van der Waals surface area contributed by atoms with Crippen molar-refractivity contribution in [2.45, 2.75) is 33.6 Å². The molecule has 0 bridgehead atoms. The summed E-state index contributed by atoms with van der Waals surface area (Å²) in [6, 6.07) is 4.61. The van der Waals surface area contributed by atoms with Crippen LogP contribution in [-0.4, -0.2) is 13.1 Å². The van der Waals surface area contributed by atoms with E-state index in [4.69, 9.17) is 0 Å². The van der Waals surface area contributed by atoms with Crippen LogP contribution in [0.1, 0.15) is 28.7 Å². The fraction of sp³-hybridized carbons (Fsp3) is 0.571. The fourth-order valence-corrected chi connectivity index (χ4v) is 2.51. The van der Waals surface area contributed by atoms with Gasteiger partial charge in [0.15, 0.2) is 0 Å². The first-order chi connectivity index (χ1) is 7.16. The van der Waals surface area contributed by atoms with Crippen LogP contribution in [0, 0.1) is 26.7 Å². The summed E-state index contributed by atoms with van der Waals surface area (Å²) in [7, 11) is 0. The second-order valence-electron chi connectivity index (χ2n) is 4.94. The molecular formula is C14H21N. The maximum atomic E-state index is 3.34. The highest BCUT2D eigenvalue weighted by molar-refractivity contribution is 5.37. The zero-order chi connectivity index (χ0) is 10.8. The SMILES string of the molecule is Cc1cc(C)c(CCC2CNC2)c(C)c1. The highest BCUT2D eigenvalue weighted by Gasteiger charge is 2.16. The van der Waals surface area contributed by atoms with Crippen LogP contribution in [0.25, 0.3) is 0 Å². The summed E-state index contributed by atoms with van der Waals surface area (Å²) in [5.74, 6) is 0.921. The van der Waals surface area contributed by atoms with E-state index in [9.17, 15) is 0 Å². The van der Waals surface area contributed by atoms with E-state index in [0.29, 0.717) is 0 Å². The average molecular weight is 203 g/mol. The van der Waals surface area contributed by atoms with Crippen molar-refractivity contribution in [2.24, 2.45) is 5.92 Å². The van der Waals surface area contributed by atoms with Crippen LogP contribution in [-0.2, 0) is 6.42 Å². The average Bonchev–Trinajstić information content (AvgIpc) is 2.06. The van der Waals surface area contributed by atoms with Gasteiger partial charge in [0.1, 0.15) is 0 Å². The third kappa shape index (κ3) is 2.40. The molecule has 0 aliphatic carbocycles. The smallest absolute Gasteiger partial charge is 0.000814 e. The van der Waals surface area contributed by atoms with Crippen LogP contribution in [0.4, 0.5) is 0 Å². The van der Waals surface area contributed by atoms with Gasteiger partial charge in [0.25, 0.3) is 0 Å². The molecule has 2 rings (SSSR count). The van der Waals surface area contributed by atoms with Crippen LogP contribution >= 0.6 is 0 Å². The van der Waals surface area contributed by atoms with Crippen molar-refractivity contribution in [3.05, 3.63) is 34.4 Å². The molecular weight excluding hydrogens is 182 g/mol. The van der Waals surface area contributed by atoms with Gasteiger partial charge in [0, 0.05) is 0 Å². The zero-order valence-corrected chi connectivity index (χ0v) is 10.1. The fourth-order valence-electron chi connectivity index (χ4n) is 2.51. The first-order valence-electron chi connectivity index (χ1n) is 5.94. The molecule has 0 unspecified atom stereocenters. The normalized spacial score (nSPS) is 16.5. The highest BCUT2D eigenvalue weighted by atomic mass is 14.9. The lowest BCUT2D eigenvalue weighted by Gasteiger charge is -2.27. The van der Waals surface area contributed by atoms with Crippen molar-refractivity contribution >= 4 is 0 Å². The monoisotopic (exact) mass is 203 g/mol. The number of rotatable bonds is 3. The van der Waals surface area contributed by atoms with Crippen molar-refractivity contribution in [1.29, 1.82) is 0 Å². The minimum Gasteiger partial charge on any atom is -0.316 e. The van der Waals surface area contributed by atoms with E-state index in [1.54, 1.807) is 5.56 Å². The topological polar surface area (TPSA) is 12.0 Å². The molecule has 0 amide bonds. The molecule has 1 heteroatoms. The molecule has 1 saturated heterocycles. The van der Waals surface area contributed by atoms with E-state index in [2.05, 4.69) is 38.2 Å². The van der Waals surface area contributed by atoms with E-state index < -0.39 is 0 Å². The third-order valence-electron chi connectivity index (χ3n) is 3.51. The molecule has 1 heterocycles. The Bertz CT molecular complexity index is 327. The molecule has 0 radical (unpaired) electrons. The van der Waals surface area contributed by atoms with Gasteiger partial charge in [-0.25, -0.2) is 0 Å². The lowest BCUT2D eigenvalue weighted by atomic mass is 9.90. The summed E-state index contributed by atoms with van der Waals surface area (Å²) in [5, 5.41) is 3.34. The minimum absolute atomic E-state index is 0.921. The summed E-state index contributed by atoms with van der Waals surface area (Å²) >= 11 is 0. The van der Waals surface area contributed by atoms with Crippen molar-refractivity contribution in [2.75, 3.05) is 13.1 Å². The Balaban J connectivity index is 2.05. The van der Waals surface area contributed by atoms with Gasteiger partial charge in [-0.2, -0.15) is 0 Å². The van der Waals surface area contributed by atoms with Gasteiger partial charge in [0.2, 0.25) is 0 Å². The first kappa shape index (κ1) is 10.7. The Morgan fingerprint density at radius 3 is 2.20 bits per heavy atom. The predicted octanol–water partition coefficient (Wildman–Crippen LogP) is 2.76. The van der Waals surface area contributed by atoms with E-state index in [0.717, 1.165) is 5.92 Å². The molecule has 0 spiro atoms. The Morgan fingerprint density at radius 1 is 1.13 bits per heavy atom. The summed E-state index contributed by atoms with van der Waals surface area (Å²) in [4.78, 5) is 0. The molecule has 1 N–H and O–H groups in total. The first-order valence-corrected chi connectivity index (χ1v) is 5.94. The van der Waals surface area contributed by atoms with Gasteiger partial charge < -0.3 is 5.32 Å². The number of benzene rings is 1. The quantitative estimate of drug-likeness (QED) is 0.796. The van der Waals surface area contributed by atoms with Crippen molar-refractivity contribution in [3.63, 3.8) is 0 Å². The summed E-state index contributed by atoms with van der Waals surface area (Å²) in [5.41, 5.74) is 5.91. The zero-order valence-electron chi connectivity index (χ0n) is 10.1. The van der Waals surface area contributed by atoms with Crippen molar-refractivity contribution in [3.8, 4) is 0 Å². The summed E-state index contributed by atoms with van der Waals surface area (Å²) in [6.45, 7) is 9.12. The minimum atomic E-state index is 0.921. The number of hydrogen-bond donors (Lipinski definition) is 1. The Kier molecular flexibility index (Phi) is 3.11. The van der Waals surface area contributed by atoms with E-state index in [-0.39, 0.29) is 0 Å². The van der Waals surface area contributed by atoms with Gasteiger partial charge in [-0.3, -0.25) is 0 Å². The van der Waals surface area contributed by atoms with E-state index in [1.807, 2.05) is 0 Å². The lowest BCUT2D eigenvalue weighted by Crippen LogP contribution is -2.42. The maximum Gasteiger partial charge on any atom is -0.000814 e. The standard InChI is InChI=1S/C14H21N/c1-10-6-11(2)14(12(3)7-10)5-4-13-8-15-9-13/h6-7,13,15H,4-5,8-9H2,1-3H3. The Labute approximate surface area is 92.9 Å². The van der Waals surface area contributed by atoms with Gasteiger partial charge in [-0.05, 0) is 69.3 Å². The molecule has 1 aliphatic rings. The lowest BCUT2D eigenvalue weighted by molar-refractivity contribution is 0.327. The summed E-state index contributed by atoms with van der Waals surface area (Å²) in [6.07, 6.45) is 2.60. The van der Waals surface area contributed by atoms with E-state index >= 15 is 0 Å². The van der Waals surface area contributed by atoms with Gasteiger partial charge in [-0.15, -0.1) is 0 Å². The van der Waals surface area contributed by atoms with Gasteiger partial charge in [0.05, 0.1) is 0 Å². The number of nitrogens with one attached hydrogen (secondary N) is 1. The molecule has 0 saturated carbocycles. The van der Waals surface area contributed by atoms with E-state index in [1.165, 1.54) is 42.6 Å². The molecule has 1 fully saturated rings. The van der Waals surface area contributed by atoms with Crippen LogP contribution < -0.4 is 5.32 Å². The maximum absolute atomic E-state index is 3.34. The molecule has 0 atom stereocenters. The summed E-state index contributed by atoms with van der Waals surface area (Å²) < 4.78 is 0. The van der Waals surface area contributed by atoms with Crippen LogP contribution in [0.5, 0.6) is 0 Å². The predicted molar refractivity (Wildman–Crippen MR) is 65.3 cm³/mol. The third-order valence-corrected chi connectivity index (χ3v) is 3.51. The molecule has 1 nitrogen and oxygen atoms in total. The van der Waals surface area contributed by atoms with Gasteiger partial charge >= 0.3 is 0 Å². The Hall–Kier alpha value is -0.820. The molecule has 1 aliphatic heterocycles. The Morgan fingerprint density at radius 2 is 1.73 bits per heavy atom.